The van der Waals surface area contributed by atoms with Crippen LogP contribution in [0.25, 0.3) is 0 Å². The van der Waals surface area contributed by atoms with Crippen LogP contribution < -0.4 is 5.32 Å². The van der Waals surface area contributed by atoms with Crippen molar-refractivity contribution in [3.63, 3.8) is 0 Å². The maximum atomic E-state index is 13.6. The van der Waals surface area contributed by atoms with Gasteiger partial charge in [0.05, 0.1) is 5.56 Å². The van der Waals surface area contributed by atoms with Gasteiger partial charge in [-0.25, -0.2) is 9.18 Å². The van der Waals surface area contributed by atoms with Gasteiger partial charge in [0, 0.05) is 12.1 Å². The third-order valence-electron chi connectivity index (χ3n) is 3.62. The van der Waals surface area contributed by atoms with Crippen molar-refractivity contribution in [2.45, 2.75) is 38.6 Å². The molecule has 0 aromatic heterocycles. The second kappa shape index (κ2) is 7.20. The van der Waals surface area contributed by atoms with Crippen LogP contribution in [0.1, 0.15) is 48.0 Å². The van der Waals surface area contributed by atoms with Crippen molar-refractivity contribution in [1.82, 2.24) is 5.32 Å². The van der Waals surface area contributed by atoms with E-state index in [0.717, 1.165) is 13.0 Å². The molecule has 1 aromatic rings. The first-order valence-corrected chi connectivity index (χ1v) is 7.07. The summed E-state index contributed by atoms with van der Waals surface area (Å²) in [6.45, 7) is 1.16. The van der Waals surface area contributed by atoms with Crippen LogP contribution in [0.2, 0.25) is 0 Å². The fourth-order valence-electron chi connectivity index (χ4n) is 2.45. The maximum absolute atomic E-state index is 13.6. The molecule has 0 spiro atoms. The summed E-state index contributed by atoms with van der Waals surface area (Å²) in [6, 6.07) is 3.89. The maximum Gasteiger partial charge on any atom is 0.335 e. The Bertz CT molecular complexity index is 511. The lowest BCUT2D eigenvalue weighted by molar-refractivity contribution is 0.0696. The monoisotopic (exact) mass is 277 g/mol. The van der Waals surface area contributed by atoms with Gasteiger partial charge in [-0.05, 0) is 56.8 Å². The molecule has 0 unspecified atom stereocenters. The minimum absolute atomic E-state index is 0.123. The van der Waals surface area contributed by atoms with Gasteiger partial charge < -0.3 is 10.4 Å². The molecule has 0 aliphatic heterocycles. The minimum Gasteiger partial charge on any atom is -0.478 e. The predicted octanol–water partition coefficient (Wildman–Crippen LogP) is 3.50. The molecule has 3 nitrogen and oxygen atoms in total. The molecule has 1 aliphatic carbocycles. The molecule has 4 heteroatoms. The van der Waals surface area contributed by atoms with Crippen molar-refractivity contribution in [3.05, 3.63) is 46.8 Å². The predicted molar refractivity (Wildman–Crippen MR) is 76.2 cm³/mol. The summed E-state index contributed by atoms with van der Waals surface area (Å²) in [6.07, 6.45) is 8.18. The molecule has 0 saturated carbocycles. The van der Waals surface area contributed by atoms with Crippen LogP contribution in [-0.4, -0.2) is 17.6 Å². The van der Waals surface area contributed by atoms with E-state index in [1.807, 2.05) is 0 Å². The molecule has 0 bridgehead atoms. The lowest BCUT2D eigenvalue weighted by atomic mass is 9.97. The van der Waals surface area contributed by atoms with E-state index in [9.17, 15) is 9.18 Å². The minimum atomic E-state index is -1.03. The highest BCUT2D eigenvalue weighted by molar-refractivity contribution is 5.87. The normalized spacial score (nSPS) is 14.9. The first-order chi connectivity index (χ1) is 9.66. The van der Waals surface area contributed by atoms with Crippen molar-refractivity contribution in [2.75, 3.05) is 6.54 Å². The number of carbonyl (C=O) groups is 1. The fourth-order valence-corrected chi connectivity index (χ4v) is 2.45. The molecule has 2 rings (SSSR count). The second-order valence-corrected chi connectivity index (χ2v) is 5.15. The van der Waals surface area contributed by atoms with Crippen LogP contribution >= 0.6 is 0 Å². The van der Waals surface area contributed by atoms with Gasteiger partial charge in [0.2, 0.25) is 0 Å². The zero-order valence-corrected chi connectivity index (χ0v) is 11.5. The van der Waals surface area contributed by atoms with Crippen molar-refractivity contribution in [3.8, 4) is 0 Å². The summed E-state index contributed by atoms with van der Waals surface area (Å²) in [5, 5.41) is 12.1. The molecule has 1 aliphatic rings. The van der Waals surface area contributed by atoms with E-state index in [2.05, 4.69) is 11.4 Å². The largest absolute Gasteiger partial charge is 0.478 e. The molecule has 0 fully saturated rings. The van der Waals surface area contributed by atoms with Crippen molar-refractivity contribution in [1.29, 1.82) is 0 Å². The number of benzene rings is 1. The van der Waals surface area contributed by atoms with Gasteiger partial charge in [0.1, 0.15) is 5.82 Å². The van der Waals surface area contributed by atoms with Gasteiger partial charge in [0.25, 0.3) is 0 Å². The highest BCUT2D eigenvalue weighted by atomic mass is 19.1. The molecule has 0 amide bonds. The highest BCUT2D eigenvalue weighted by Gasteiger charge is 2.08. The lowest BCUT2D eigenvalue weighted by Crippen LogP contribution is -2.17. The molecular weight excluding hydrogens is 257 g/mol. The Labute approximate surface area is 118 Å². The van der Waals surface area contributed by atoms with E-state index in [4.69, 9.17) is 5.11 Å². The third-order valence-corrected chi connectivity index (χ3v) is 3.62. The first kappa shape index (κ1) is 14.7. The van der Waals surface area contributed by atoms with E-state index in [-0.39, 0.29) is 11.4 Å². The Kier molecular flexibility index (Phi) is 5.30. The van der Waals surface area contributed by atoms with Crippen LogP contribution in [0.4, 0.5) is 4.39 Å². The molecule has 20 heavy (non-hydrogen) atoms. The SMILES string of the molecule is O=C(O)c1ccc(F)c(CNCCC2=CCCCC2)c1. The van der Waals surface area contributed by atoms with Crippen LogP contribution in [0.15, 0.2) is 29.8 Å². The van der Waals surface area contributed by atoms with E-state index >= 15 is 0 Å². The van der Waals surface area contributed by atoms with Crippen molar-refractivity contribution in [2.24, 2.45) is 0 Å². The van der Waals surface area contributed by atoms with Crippen LogP contribution in [-0.2, 0) is 6.54 Å². The van der Waals surface area contributed by atoms with Crippen LogP contribution in [0, 0.1) is 5.82 Å². The summed E-state index contributed by atoms with van der Waals surface area (Å²) < 4.78 is 13.6. The molecule has 0 radical (unpaired) electrons. The Morgan fingerprint density at radius 1 is 1.35 bits per heavy atom. The van der Waals surface area contributed by atoms with Crippen molar-refractivity contribution < 1.29 is 14.3 Å². The number of nitrogens with one attached hydrogen (secondary N) is 1. The van der Waals surface area contributed by atoms with Crippen LogP contribution in [0.3, 0.4) is 0 Å². The summed E-state index contributed by atoms with van der Waals surface area (Å²) in [7, 11) is 0. The standard InChI is InChI=1S/C16H20FNO2/c17-15-7-6-13(16(19)20)10-14(15)11-18-9-8-12-4-2-1-3-5-12/h4,6-7,10,18H,1-3,5,8-9,11H2,(H,19,20). The third kappa shape index (κ3) is 4.17. The number of rotatable bonds is 6. The van der Waals surface area contributed by atoms with Gasteiger partial charge in [-0.1, -0.05) is 11.6 Å². The van der Waals surface area contributed by atoms with Gasteiger partial charge in [-0.15, -0.1) is 0 Å². The number of hydrogen-bond acceptors (Lipinski definition) is 2. The molecule has 0 saturated heterocycles. The van der Waals surface area contributed by atoms with E-state index in [1.165, 1.54) is 49.5 Å². The number of halogens is 1. The van der Waals surface area contributed by atoms with Gasteiger partial charge in [-0.2, -0.15) is 0 Å². The smallest absolute Gasteiger partial charge is 0.335 e. The Morgan fingerprint density at radius 3 is 2.90 bits per heavy atom. The van der Waals surface area contributed by atoms with Crippen LogP contribution in [0.5, 0.6) is 0 Å². The number of carboxylic acids is 1. The van der Waals surface area contributed by atoms with Gasteiger partial charge in [-0.3, -0.25) is 0 Å². The molecule has 108 valence electrons. The van der Waals surface area contributed by atoms with Gasteiger partial charge in [0.15, 0.2) is 0 Å². The second-order valence-electron chi connectivity index (χ2n) is 5.15. The number of carboxylic acid groups (broad SMARTS) is 1. The summed E-state index contributed by atoms with van der Waals surface area (Å²) >= 11 is 0. The summed E-state index contributed by atoms with van der Waals surface area (Å²) in [5.41, 5.74) is 2.00. The zero-order valence-electron chi connectivity index (χ0n) is 11.5. The average Bonchev–Trinajstić information content (AvgIpc) is 2.46. The summed E-state index contributed by atoms with van der Waals surface area (Å²) in [4.78, 5) is 10.9. The Balaban J connectivity index is 1.82. The van der Waals surface area contributed by atoms with Crippen molar-refractivity contribution >= 4 is 5.97 Å². The average molecular weight is 277 g/mol. The topological polar surface area (TPSA) is 49.3 Å². The number of aromatic carboxylic acids is 1. The molecule has 2 N–H and O–H groups in total. The number of allylic oxidation sites excluding steroid dienone is 1. The number of hydrogen-bond donors (Lipinski definition) is 2. The van der Waals surface area contributed by atoms with E-state index in [0.29, 0.717) is 12.1 Å². The first-order valence-electron chi connectivity index (χ1n) is 7.07. The molecule has 0 atom stereocenters. The molecular formula is C16H20FNO2. The Hall–Kier alpha value is -1.68. The van der Waals surface area contributed by atoms with E-state index < -0.39 is 5.97 Å². The summed E-state index contributed by atoms with van der Waals surface area (Å²) in [5.74, 6) is -1.39. The zero-order chi connectivity index (χ0) is 14.4. The quantitative estimate of drug-likeness (QED) is 0.618. The Morgan fingerprint density at radius 2 is 2.20 bits per heavy atom. The highest BCUT2D eigenvalue weighted by Crippen LogP contribution is 2.19. The molecule has 0 heterocycles. The molecule has 1 aromatic carbocycles. The van der Waals surface area contributed by atoms with Gasteiger partial charge >= 0.3 is 5.97 Å². The fraction of sp³-hybridized carbons (Fsp3) is 0.438. The van der Waals surface area contributed by atoms with E-state index in [1.54, 1.807) is 0 Å². The lowest BCUT2D eigenvalue weighted by Gasteiger charge is -2.13.